The molecule has 0 bridgehead atoms. The van der Waals surface area contributed by atoms with Crippen LogP contribution in [0, 0.1) is 0 Å². The molecule has 1 saturated heterocycles. The lowest BCUT2D eigenvalue weighted by molar-refractivity contribution is -0.125. The minimum absolute atomic E-state index is 0.0185. The molecule has 1 N–H and O–H groups in total. The third kappa shape index (κ3) is 4.26. The van der Waals surface area contributed by atoms with Gasteiger partial charge in [0.05, 0.1) is 11.8 Å². The zero-order valence-electron chi connectivity index (χ0n) is 13.1. The summed E-state index contributed by atoms with van der Waals surface area (Å²) in [5, 5.41) is 2.86. The van der Waals surface area contributed by atoms with Crippen molar-refractivity contribution in [3.05, 3.63) is 24.3 Å². The average Bonchev–Trinajstić information content (AvgIpc) is 3.11. The Labute approximate surface area is 140 Å². The predicted molar refractivity (Wildman–Crippen MR) is 90.7 cm³/mol. The molecule has 5 nitrogen and oxygen atoms in total. The molecule has 124 valence electrons. The quantitative estimate of drug-likeness (QED) is 0.897. The number of fused-ring (bicyclic) bond motifs is 1. The van der Waals surface area contributed by atoms with Crippen LogP contribution < -0.4 is 10.2 Å². The van der Waals surface area contributed by atoms with Gasteiger partial charge in [0.25, 0.3) is 0 Å². The van der Waals surface area contributed by atoms with Gasteiger partial charge in [-0.3, -0.25) is 9.59 Å². The van der Waals surface area contributed by atoms with Crippen LogP contribution in [0.25, 0.3) is 0 Å². The smallest absolute Gasteiger partial charge is 0.227 e. The Bertz CT molecular complexity index is 573. The zero-order chi connectivity index (χ0) is 16.1. The fraction of sp³-hybridized carbons (Fsp3) is 0.529. The van der Waals surface area contributed by atoms with E-state index in [9.17, 15) is 9.59 Å². The number of thioether (sulfide) groups is 1. The minimum atomic E-state index is -0.0754. The van der Waals surface area contributed by atoms with Gasteiger partial charge in [-0.1, -0.05) is 12.1 Å². The second kappa shape index (κ2) is 7.84. The summed E-state index contributed by atoms with van der Waals surface area (Å²) < 4.78 is 5.47. The lowest BCUT2D eigenvalue weighted by atomic mass is 10.2. The van der Waals surface area contributed by atoms with Crippen molar-refractivity contribution in [1.29, 1.82) is 0 Å². The van der Waals surface area contributed by atoms with Crippen LogP contribution in [-0.2, 0) is 14.3 Å². The van der Waals surface area contributed by atoms with E-state index in [2.05, 4.69) is 5.32 Å². The number of amides is 2. The van der Waals surface area contributed by atoms with Crippen molar-refractivity contribution < 1.29 is 14.3 Å². The highest BCUT2D eigenvalue weighted by Gasteiger charge is 2.23. The van der Waals surface area contributed by atoms with Crippen LogP contribution in [0.15, 0.2) is 29.2 Å². The molecular weight excluding hydrogens is 312 g/mol. The van der Waals surface area contributed by atoms with Gasteiger partial charge < -0.3 is 15.0 Å². The Balaban J connectivity index is 1.47. The van der Waals surface area contributed by atoms with E-state index >= 15 is 0 Å². The molecule has 2 amide bonds. The Kier molecular flexibility index (Phi) is 5.56. The molecule has 0 saturated carbocycles. The molecule has 0 aliphatic carbocycles. The number of para-hydroxylation sites is 1. The van der Waals surface area contributed by atoms with Gasteiger partial charge >= 0.3 is 0 Å². The first-order valence-electron chi connectivity index (χ1n) is 8.14. The second-order valence-electron chi connectivity index (χ2n) is 5.80. The number of hydrogen-bond acceptors (Lipinski definition) is 4. The summed E-state index contributed by atoms with van der Waals surface area (Å²) in [7, 11) is 0. The van der Waals surface area contributed by atoms with E-state index in [1.807, 2.05) is 24.3 Å². The molecule has 1 aromatic carbocycles. The summed E-state index contributed by atoms with van der Waals surface area (Å²) >= 11 is 1.77. The molecule has 1 aromatic rings. The summed E-state index contributed by atoms with van der Waals surface area (Å²) in [4.78, 5) is 27.3. The molecule has 23 heavy (non-hydrogen) atoms. The molecule has 1 atom stereocenters. The molecule has 1 unspecified atom stereocenters. The largest absolute Gasteiger partial charge is 0.376 e. The van der Waals surface area contributed by atoms with Crippen LogP contribution in [0.2, 0.25) is 0 Å². The number of rotatable bonds is 5. The molecule has 0 spiro atoms. The molecule has 1 fully saturated rings. The molecule has 2 aliphatic heterocycles. The standard InChI is InChI=1S/C17H22N2O3S/c20-16(18-12-13-4-3-10-22-13)7-8-17(21)19-9-11-23-15-6-2-1-5-14(15)19/h1-2,5-6,13H,3-4,7-12H2,(H,18,20). The van der Waals surface area contributed by atoms with Crippen molar-refractivity contribution in [1.82, 2.24) is 5.32 Å². The maximum atomic E-state index is 12.4. The van der Waals surface area contributed by atoms with Gasteiger partial charge in [-0.25, -0.2) is 0 Å². The molecule has 0 radical (unpaired) electrons. The number of hydrogen-bond donors (Lipinski definition) is 1. The summed E-state index contributed by atoms with van der Waals surface area (Å²) in [6.07, 6.45) is 2.68. The van der Waals surface area contributed by atoms with Gasteiger partial charge in [0.1, 0.15) is 0 Å². The topological polar surface area (TPSA) is 58.6 Å². The lowest BCUT2D eigenvalue weighted by Gasteiger charge is -2.29. The maximum Gasteiger partial charge on any atom is 0.227 e. The highest BCUT2D eigenvalue weighted by atomic mass is 32.2. The van der Waals surface area contributed by atoms with Gasteiger partial charge in [-0.2, -0.15) is 0 Å². The monoisotopic (exact) mass is 334 g/mol. The number of carbonyl (C=O) groups is 2. The summed E-state index contributed by atoms with van der Waals surface area (Å²) in [5.74, 6) is 0.840. The van der Waals surface area contributed by atoms with E-state index in [4.69, 9.17) is 4.74 Å². The van der Waals surface area contributed by atoms with Crippen LogP contribution in [0.5, 0.6) is 0 Å². The van der Waals surface area contributed by atoms with Gasteiger partial charge in [0, 0.05) is 43.2 Å². The summed E-state index contributed by atoms with van der Waals surface area (Å²) in [6.45, 7) is 2.04. The normalized spacial score (nSPS) is 20.2. The van der Waals surface area contributed by atoms with E-state index < -0.39 is 0 Å². The van der Waals surface area contributed by atoms with E-state index in [1.54, 1.807) is 16.7 Å². The fourth-order valence-electron chi connectivity index (χ4n) is 2.91. The van der Waals surface area contributed by atoms with Crippen LogP contribution >= 0.6 is 11.8 Å². The fourth-order valence-corrected chi connectivity index (χ4v) is 3.90. The Morgan fingerprint density at radius 3 is 3.00 bits per heavy atom. The first kappa shape index (κ1) is 16.3. The molecule has 3 rings (SSSR count). The molecule has 6 heteroatoms. The Morgan fingerprint density at radius 1 is 1.30 bits per heavy atom. The second-order valence-corrected chi connectivity index (χ2v) is 6.94. The summed E-state index contributed by atoms with van der Waals surface area (Å²) in [6, 6.07) is 7.93. The van der Waals surface area contributed by atoms with Gasteiger partial charge in [0.2, 0.25) is 11.8 Å². The number of anilines is 1. The average molecular weight is 334 g/mol. The van der Waals surface area contributed by atoms with Crippen molar-refractivity contribution in [3.8, 4) is 0 Å². The van der Waals surface area contributed by atoms with E-state index in [0.29, 0.717) is 13.1 Å². The highest BCUT2D eigenvalue weighted by molar-refractivity contribution is 7.99. The number of nitrogens with one attached hydrogen (secondary N) is 1. The van der Waals surface area contributed by atoms with Crippen LogP contribution in [0.1, 0.15) is 25.7 Å². The first-order valence-corrected chi connectivity index (χ1v) is 9.13. The van der Waals surface area contributed by atoms with Gasteiger partial charge in [-0.05, 0) is 25.0 Å². The van der Waals surface area contributed by atoms with Crippen LogP contribution in [0.3, 0.4) is 0 Å². The number of carbonyl (C=O) groups excluding carboxylic acids is 2. The number of nitrogens with zero attached hydrogens (tertiary/aromatic N) is 1. The van der Waals surface area contributed by atoms with Crippen molar-refractivity contribution >= 4 is 29.3 Å². The zero-order valence-corrected chi connectivity index (χ0v) is 13.9. The van der Waals surface area contributed by atoms with E-state index in [-0.39, 0.29) is 30.8 Å². The number of ether oxygens (including phenoxy) is 1. The number of benzene rings is 1. The van der Waals surface area contributed by atoms with Crippen molar-refractivity contribution in [2.45, 2.75) is 36.7 Å². The minimum Gasteiger partial charge on any atom is -0.376 e. The van der Waals surface area contributed by atoms with Gasteiger partial charge in [-0.15, -0.1) is 11.8 Å². The molecule has 2 heterocycles. The van der Waals surface area contributed by atoms with Crippen molar-refractivity contribution in [2.75, 3.05) is 30.3 Å². The molecular formula is C17H22N2O3S. The van der Waals surface area contributed by atoms with E-state index in [1.165, 1.54) is 0 Å². The first-order chi connectivity index (χ1) is 11.2. The Hall–Kier alpha value is -1.53. The Morgan fingerprint density at radius 2 is 2.17 bits per heavy atom. The van der Waals surface area contributed by atoms with Crippen LogP contribution in [0.4, 0.5) is 5.69 Å². The van der Waals surface area contributed by atoms with Crippen molar-refractivity contribution in [2.24, 2.45) is 0 Å². The SMILES string of the molecule is O=C(CCC(=O)N1CCSc2ccccc21)NCC1CCCO1. The maximum absolute atomic E-state index is 12.4. The molecule has 2 aliphatic rings. The third-order valence-electron chi connectivity index (χ3n) is 4.15. The third-order valence-corrected chi connectivity index (χ3v) is 5.19. The predicted octanol–water partition coefficient (Wildman–Crippen LogP) is 2.20. The highest BCUT2D eigenvalue weighted by Crippen LogP contribution is 2.34. The molecule has 0 aromatic heterocycles. The summed E-state index contributed by atoms with van der Waals surface area (Å²) in [5.41, 5.74) is 0.966. The lowest BCUT2D eigenvalue weighted by Crippen LogP contribution is -2.37. The van der Waals surface area contributed by atoms with Crippen LogP contribution in [-0.4, -0.2) is 43.4 Å². The van der Waals surface area contributed by atoms with Crippen molar-refractivity contribution in [3.63, 3.8) is 0 Å². The van der Waals surface area contributed by atoms with Gasteiger partial charge in [0.15, 0.2) is 0 Å². The van der Waals surface area contributed by atoms with E-state index in [0.717, 1.165) is 35.8 Å².